The molecule has 26 heteroatoms. The molecular formula is C47H69N15O11. The van der Waals surface area contributed by atoms with Crippen LogP contribution >= 0.6 is 0 Å². The Bertz CT molecular complexity index is 2420. The molecule has 7 amide bonds. The van der Waals surface area contributed by atoms with E-state index in [0.29, 0.717) is 22.9 Å². The average Bonchev–Trinajstić information content (AvgIpc) is 3.74. The normalized spacial score (nSPS) is 13.4. The standard InChI is InChI=1S/C47H69N15O11/c1-26(2)20-36(45(72)73)59-38(64)25-57-42(69)35(22-28-23-55-31-14-7-6-12-29(28)31)62-43(70)32(15-9-19-54-47(51)52)60-44(71)33(16-17-39(65)66)58-37(63)24-56-41(68)34(21-27-10-4-3-5-11-27)61-40(67)30(48)13-8-18-53-46(49)50/h3-7,10-12,14,23,26,30,32-36,55H,8-9,13,15-22,24-25,48H2,1-2H3,(H,56,68)(H,57,69)(H,58,63)(H,59,64)(H,60,71)(H,61,67)(H,62,70)(H,65,66)(H,72,73)(H4,49,50,53)(H4,51,52,54)/t30-,32-,33-,34-,35-,36-/m0/s1. The second kappa shape index (κ2) is 30.4. The van der Waals surface area contributed by atoms with E-state index in [-0.39, 0.29) is 69.5 Å². The minimum atomic E-state index is -1.58. The fourth-order valence-electron chi connectivity index (χ4n) is 7.34. The quantitative estimate of drug-likeness (QED) is 0.0169. The lowest BCUT2D eigenvalue weighted by molar-refractivity contribution is -0.142. The van der Waals surface area contributed by atoms with E-state index in [1.54, 1.807) is 74.6 Å². The molecule has 0 radical (unpaired) electrons. The first-order valence-electron chi connectivity index (χ1n) is 23.6. The number of fused-ring (bicyclic) bond motifs is 1. The van der Waals surface area contributed by atoms with Crippen molar-refractivity contribution in [3.05, 3.63) is 71.9 Å². The number of guanidine groups is 2. The maximum absolute atomic E-state index is 14.2. The van der Waals surface area contributed by atoms with Gasteiger partial charge < -0.3 is 81.1 Å². The van der Waals surface area contributed by atoms with Crippen LogP contribution in [0.1, 0.15) is 69.9 Å². The largest absolute Gasteiger partial charge is 0.481 e. The van der Waals surface area contributed by atoms with Crippen LogP contribution in [0.4, 0.5) is 0 Å². The van der Waals surface area contributed by atoms with E-state index in [1.807, 2.05) is 0 Å². The highest BCUT2D eigenvalue weighted by molar-refractivity contribution is 5.97. The summed E-state index contributed by atoms with van der Waals surface area (Å²) in [5.41, 5.74) is 29.7. The summed E-state index contributed by atoms with van der Waals surface area (Å²) < 4.78 is 0. The number of aliphatic carboxylic acids is 2. The molecular weight excluding hydrogens is 951 g/mol. The maximum Gasteiger partial charge on any atom is 0.326 e. The number of para-hydroxylation sites is 1. The van der Waals surface area contributed by atoms with Gasteiger partial charge in [0.25, 0.3) is 0 Å². The van der Waals surface area contributed by atoms with E-state index in [2.05, 4.69) is 52.2 Å². The number of nitrogens with one attached hydrogen (secondary N) is 8. The van der Waals surface area contributed by atoms with Crippen LogP contribution < -0.4 is 65.9 Å². The van der Waals surface area contributed by atoms with Crippen LogP contribution in [0.25, 0.3) is 10.9 Å². The molecule has 3 aromatic rings. The predicted molar refractivity (Wildman–Crippen MR) is 270 cm³/mol. The molecule has 0 aliphatic rings. The van der Waals surface area contributed by atoms with Crippen molar-refractivity contribution in [1.82, 2.24) is 42.2 Å². The van der Waals surface area contributed by atoms with Gasteiger partial charge in [0.1, 0.15) is 30.2 Å². The Labute approximate surface area is 421 Å². The molecule has 73 heavy (non-hydrogen) atoms. The van der Waals surface area contributed by atoms with Crippen LogP contribution in [0.15, 0.2) is 70.8 Å². The maximum atomic E-state index is 14.2. The van der Waals surface area contributed by atoms with Crippen LogP contribution in [0.3, 0.4) is 0 Å². The second-order valence-corrected chi connectivity index (χ2v) is 17.5. The molecule has 1 aromatic heterocycles. The van der Waals surface area contributed by atoms with Gasteiger partial charge in [-0.3, -0.25) is 48.3 Å². The Morgan fingerprint density at radius 3 is 1.66 bits per heavy atom. The fourth-order valence-corrected chi connectivity index (χ4v) is 7.34. The lowest BCUT2D eigenvalue weighted by atomic mass is 10.0. The smallest absolute Gasteiger partial charge is 0.326 e. The molecule has 0 unspecified atom stereocenters. The molecule has 398 valence electrons. The van der Waals surface area contributed by atoms with E-state index in [1.165, 1.54) is 0 Å². The van der Waals surface area contributed by atoms with Crippen molar-refractivity contribution >= 4 is 76.1 Å². The third-order valence-electron chi connectivity index (χ3n) is 11.0. The fraction of sp³-hybridized carbons (Fsp3) is 0.468. The third-order valence-corrected chi connectivity index (χ3v) is 11.0. The first-order chi connectivity index (χ1) is 34.6. The number of hydrogen-bond donors (Lipinski definition) is 15. The van der Waals surface area contributed by atoms with E-state index < -0.39 is 115 Å². The molecule has 2 aromatic carbocycles. The highest BCUT2D eigenvalue weighted by atomic mass is 16.4. The topological polar surface area (TPSA) is 449 Å². The zero-order valence-electron chi connectivity index (χ0n) is 40.9. The Morgan fingerprint density at radius 2 is 1.10 bits per heavy atom. The van der Waals surface area contributed by atoms with Gasteiger partial charge in [0, 0.05) is 49.5 Å². The minimum Gasteiger partial charge on any atom is -0.481 e. The Kier molecular flexibility index (Phi) is 24.6. The van der Waals surface area contributed by atoms with E-state index in [9.17, 15) is 53.4 Å². The summed E-state index contributed by atoms with van der Waals surface area (Å²) in [7, 11) is 0. The number of carboxylic acids is 2. The second-order valence-electron chi connectivity index (χ2n) is 17.5. The number of carbonyl (C=O) groups is 9. The van der Waals surface area contributed by atoms with Crippen molar-refractivity contribution < 1.29 is 53.4 Å². The summed E-state index contributed by atoms with van der Waals surface area (Å²) in [4.78, 5) is 129. The highest BCUT2D eigenvalue weighted by Gasteiger charge is 2.32. The molecule has 6 atom stereocenters. The van der Waals surface area contributed by atoms with Crippen molar-refractivity contribution in [3.63, 3.8) is 0 Å². The number of rotatable bonds is 32. The Hall–Kier alpha value is -8.29. The molecule has 0 bridgehead atoms. The van der Waals surface area contributed by atoms with Gasteiger partial charge in [-0.25, -0.2) is 4.79 Å². The number of nitrogens with two attached hydrogens (primary N) is 5. The summed E-state index contributed by atoms with van der Waals surface area (Å²) in [6.07, 6.45) is 1.05. The summed E-state index contributed by atoms with van der Waals surface area (Å²) in [5.74, 6) is -8.96. The minimum absolute atomic E-state index is 0.000452. The van der Waals surface area contributed by atoms with Gasteiger partial charge in [0.2, 0.25) is 41.4 Å². The summed E-state index contributed by atoms with van der Waals surface area (Å²) in [6, 6.07) is 7.91. The van der Waals surface area contributed by atoms with Gasteiger partial charge in [0.15, 0.2) is 11.9 Å². The van der Waals surface area contributed by atoms with Gasteiger partial charge in [0.05, 0.1) is 19.1 Å². The molecule has 1 heterocycles. The summed E-state index contributed by atoms with van der Waals surface area (Å²) >= 11 is 0. The zero-order valence-corrected chi connectivity index (χ0v) is 40.9. The first kappa shape index (κ1) is 59.0. The number of H-pyrrole nitrogens is 1. The lowest BCUT2D eigenvalue weighted by Crippen LogP contribution is -2.58. The molecule has 20 N–H and O–H groups in total. The van der Waals surface area contributed by atoms with E-state index in [0.717, 1.165) is 5.52 Å². The van der Waals surface area contributed by atoms with Crippen molar-refractivity contribution in [2.45, 2.75) is 108 Å². The molecule has 0 saturated carbocycles. The van der Waals surface area contributed by atoms with Gasteiger partial charge in [-0.1, -0.05) is 62.4 Å². The van der Waals surface area contributed by atoms with E-state index in [4.69, 9.17) is 28.7 Å². The number of carboxylic acid groups (broad SMARTS) is 2. The number of hydrogen-bond acceptors (Lipinski definition) is 12. The first-order valence-corrected chi connectivity index (χ1v) is 23.6. The van der Waals surface area contributed by atoms with Crippen molar-refractivity contribution in [1.29, 1.82) is 0 Å². The molecule has 3 rings (SSSR count). The Morgan fingerprint density at radius 1 is 0.589 bits per heavy atom. The lowest BCUT2D eigenvalue weighted by Gasteiger charge is -2.25. The highest BCUT2D eigenvalue weighted by Crippen LogP contribution is 2.19. The summed E-state index contributed by atoms with van der Waals surface area (Å²) in [5, 5.41) is 37.3. The monoisotopic (exact) mass is 1020 g/mol. The molecule has 0 aliphatic carbocycles. The van der Waals surface area contributed by atoms with Crippen molar-refractivity contribution in [2.24, 2.45) is 44.6 Å². The van der Waals surface area contributed by atoms with Gasteiger partial charge in [-0.2, -0.15) is 0 Å². The number of aromatic nitrogens is 1. The number of nitrogens with zero attached hydrogens (tertiary/aromatic N) is 2. The zero-order chi connectivity index (χ0) is 54.0. The van der Waals surface area contributed by atoms with Crippen LogP contribution in [0.2, 0.25) is 0 Å². The molecule has 0 fully saturated rings. The summed E-state index contributed by atoms with van der Waals surface area (Å²) in [6.45, 7) is 2.40. The van der Waals surface area contributed by atoms with E-state index >= 15 is 0 Å². The van der Waals surface area contributed by atoms with Crippen LogP contribution in [-0.2, 0) is 56.0 Å². The van der Waals surface area contributed by atoms with Gasteiger partial charge >= 0.3 is 11.9 Å². The molecule has 0 saturated heterocycles. The number of amides is 7. The number of benzene rings is 2. The SMILES string of the molecule is CC(C)C[C@H](NC(=O)CNC(=O)[C@H](Cc1c[nH]c2ccccc12)NC(=O)[C@H](CCCN=C(N)N)NC(=O)[C@H](CCC(=O)O)NC(=O)CNC(=O)[C@H](Cc1ccccc1)NC(=O)[C@@H](N)CCCN=C(N)N)C(=O)O. The van der Waals surface area contributed by atoms with Crippen molar-refractivity contribution in [2.75, 3.05) is 26.2 Å². The van der Waals surface area contributed by atoms with Crippen LogP contribution in [0, 0.1) is 5.92 Å². The predicted octanol–water partition coefficient (Wildman–Crippen LogP) is -2.96. The third kappa shape index (κ3) is 22.1. The molecule has 26 nitrogen and oxygen atoms in total. The van der Waals surface area contributed by atoms with Crippen molar-refractivity contribution in [3.8, 4) is 0 Å². The van der Waals surface area contributed by atoms with Crippen LogP contribution in [-0.4, -0.2) is 143 Å². The molecule has 0 aliphatic heterocycles. The number of aromatic amines is 1. The van der Waals surface area contributed by atoms with Gasteiger partial charge in [-0.15, -0.1) is 0 Å². The average molecular weight is 1020 g/mol. The molecule has 0 spiro atoms. The van der Waals surface area contributed by atoms with Crippen LogP contribution in [0.5, 0.6) is 0 Å². The number of aliphatic imine (C=N–C) groups is 2. The van der Waals surface area contributed by atoms with Gasteiger partial charge in [-0.05, 0) is 61.6 Å². The number of carbonyl (C=O) groups excluding carboxylic acids is 7. The Balaban J connectivity index is 1.83.